The van der Waals surface area contributed by atoms with Gasteiger partial charge in [-0.15, -0.1) is 0 Å². The molecule has 0 radical (unpaired) electrons. The molecule has 0 fully saturated rings. The Morgan fingerprint density at radius 3 is 2.41 bits per heavy atom. The van der Waals surface area contributed by atoms with Crippen LogP contribution in [0.5, 0.6) is 5.75 Å². The third-order valence-corrected chi connectivity index (χ3v) is 3.16. The van der Waals surface area contributed by atoms with Gasteiger partial charge in [0.2, 0.25) is 0 Å². The van der Waals surface area contributed by atoms with E-state index in [4.69, 9.17) is 5.73 Å². The highest BCUT2D eigenvalue weighted by atomic mass is 16.3. The smallest absolute Gasteiger partial charge is 0.125 e. The molecule has 0 spiro atoms. The van der Waals surface area contributed by atoms with Gasteiger partial charge in [0.25, 0.3) is 0 Å². The number of rotatable bonds is 1. The Labute approximate surface area is 102 Å². The predicted molar refractivity (Wildman–Crippen MR) is 72.2 cm³/mol. The van der Waals surface area contributed by atoms with Crippen molar-refractivity contribution >= 4 is 5.69 Å². The van der Waals surface area contributed by atoms with Crippen LogP contribution in [0.2, 0.25) is 0 Å². The van der Waals surface area contributed by atoms with Crippen LogP contribution in [0.25, 0.3) is 11.1 Å². The first kappa shape index (κ1) is 11.5. The van der Waals surface area contributed by atoms with E-state index < -0.39 is 0 Å². The van der Waals surface area contributed by atoms with Gasteiger partial charge in [0.05, 0.1) is 0 Å². The first-order valence-electron chi connectivity index (χ1n) is 5.66. The third-order valence-electron chi connectivity index (χ3n) is 3.16. The maximum absolute atomic E-state index is 9.97. The number of anilines is 1. The van der Waals surface area contributed by atoms with Gasteiger partial charge in [0.15, 0.2) is 0 Å². The summed E-state index contributed by atoms with van der Waals surface area (Å²) in [6.07, 6.45) is 0. The monoisotopic (exact) mass is 227 g/mol. The van der Waals surface area contributed by atoms with E-state index in [1.807, 2.05) is 13.0 Å². The number of hydrogen-bond donors (Lipinski definition) is 2. The number of nitrogens with two attached hydrogens (primary N) is 1. The van der Waals surface area contributed by atoms with Crippen molar-refractivity contribution in [3.63, 3.8) is 0 Å². The van der Waals surface area contributed by atoms with Crippen LogP contribution >= 0.6 is 0 Å². The van der Waals surface area contributed by atoms with Gasteiger partial charge in [-0.25, -0.2) is 0 Å². The van der Waals surface area contributed by atoms with Gasteiger partial charge in [-0.3, -0.25) is 0 Å². The lowest BCUT2D eigenvalue weighted by molar-refractivity contribution is 0.477. The highest BCUT2D eigenvalue weighted by Gasteiger charge is 2.12. The third kappa shape index (κ3) is 1.98. The van der Waals surface area contributed by atoms with E-state index in [0.29, 0.717) is 5.69 Å². The van der Waals surface area contributed by atoms with Gasteiger partial charge in [0, 0.05) is 11.3 Å². The fourth-order valence-electron chi connectivity index (χ4n) is 2.15. The fraction of sp³-hybridized carbons (Fsp3) is 0.200. The molecule has 0 atom stereocenters. The lowest BCUT2D eigenvalue weighted by Gasteiger charge is -2.14. The van der Waals surface area contributed by atoms with Gasteiger partial charge < -0.3 is 10.8 Å². The Bertz CT molecular complexity index is 553. The minimum atomic E-state index is 0.234. The van der Waals surface area contributed by atoms with Gasteiger partial charge >= 0.3 is 0 Å². The van der Waals surface area contributed by atoms with Gasteiger partial charge in [-0.1, -0.05) is 23.8 Å². The van der Waals surface area contributed by atoms with E-state index >= 15 is 0 Å². The van der Waals surface area contributed by atoms with Gasteiger partial charge in [0.1, 0.15) is 5.75 Å². The molecule has 3 N–H and O–H groups in total. The molecule has 2 aromatic carbocycles. The lowest BCUT2D eigenvalue weighted by atomic mass is 9.93. The first-order valence-corrected chi connectivity index (χ1v) is 5.66. The zero-order valence-electron chi connectivity index (χ0n) is 10.4. The van der Waals surface area contributed by atoms with E-state index in [1.165, 1.54) is 11.1 Å². The summed E-state index contributed by atoms with van der Waals surface area (Å²) in [6, 6.07) is 9.43. The molecule has 0 aliphatic heterocycles. The Hall–Kier alpha value is -1.96. The molecule has 2 rings (SSSR count). The molecule has 0 saturated carbocycles. The van der Waals surface area contributed by atoms with Crippen molar-refractivity contribution in [3.8, 4) is 16.9 Å². The molecule has 2 nitrogen and oxygen atoms in total. The molecule has 0 aromatic heterocycles. The molecule has 0 amide bonds. The van der Waals surface area contributed by atoms with E-state index in [2.05, 4.69) is 26.0 Å². The summed E-state index contributed by atoms with van der Waals surface area (Å²) in [5.41, 5.74) is 11.9. The van der Waals surface area contributed by atoms with Crippen LogP contribution in [0.3, 0.4) is 0 Å². The SMILES string of the molecule is Cc1cc(C)c(C)c(-c2c(N)cccc2O)c1. The fourth-order valence-corrected chi connectivity index (χ4v) is 2.15. The van der Waals surface area contributed by atoms with Crippen LogP contribution in [0.15, 0.2) is 30.3 Å². The van der Waals surface area contributed by atoms with Crippen molar-refractivity contribution in [2.45, 2.75) is 20.8 Å². The van der Waals surface area contributed by atoms with Gasteiger partial charge in [-0.2, -0.15) is 0 Å². The predicted octanol–water partition coefficient (Wildman–Crippen LogP) is 3.57. The zero-order valence-corrected chi connectivity index (χ0v) is 10.4. The van der Waals surface area contributed by atoms with Crippen molar-refractivity contribution in [1.29, 1.82) is 0 Å². The molecule has 0 unspecified atom stereocenters. The maximum atomic E-state index is 9.97. The summed E-state index contributed by atoms with van der Waals surface area (Å²) in [5.74, 6) is 0.234. The van der Waals surface area contributed by atoms with Crippen molar-refractivity contribution < 1.29 is 5.11 Å². The van der Waals surface area contributed by atoms with Gasteiger partial charge in [-0.05, 0) is 49.6 Å². The second-order valence-electron chi connectivity index (χ2n) is 4.50. The minimum absolute atomic E-state index is 0.234. The molecule has 0 saturated heterocycles. The molecule has 0 aliphatic carbocycles. The second kappa shape index (κ2) is 4.13. The summed E-state index contributed by atoms with van der Waals surface area (Å²) in [4.78, 5) is 0. The Balaban J connectivity index is 2.77. The zero-order chi connectivity index (χ0) is 12.6. The highest BCUT2D eigenvalue weighted by Crippen LogP contribution is 2.37. The average Bonchev–Trinajstić information content (AvgIpc) is 2.24. The topological polar surface area (TPSA) is 46.2 Å². The molecule has 17 heavy (non-hydrogen) atoms. The number of phenolic OH excluding ortho intramolecular Hbond substituents is 1. The number of nitrogen functional groups attached to an aromatic ring is 1. The number of aryl methyl sites for hydroxylation is 2. The maximum Gasteiger partial charge on any atom is 0.125 e. The number of phenols is 1. The van der Waals surface area contributed by atoms with Crippen molar-refractivity contribution in [2.24, 2.45) is 0 Å². The summed E-state index contributed by atoms with van der Waals surface area (Å²) in [5, 5.41) is 9.97. The summed E-state index contributed by atoms with van der Waals surface area (Å²) in [6.45, 7) is 6.17. The van der Waals surface area contributed by atoms with Crippen LogP contribution in [-0.2, 0) is 0 Å². The van der Waals surface area contributed by atoms with Crippen LogP contribution in [-0.4, -0.2) is 5.11 Å². The van der Waals surface area contributed by atoms with E-state index in [-0.39, 0.29) is 5.75 Å². The molecule has 2 heteroatoms. The molecule has 0 bridgehead atoms. The quantitative estimate of drug-likeness (QED) is 0.732. The van der Waals surface area contributed by atoms with E-state index in [9.17, 15) is 5.11 Å². The molecular formula is C15H17NO. The molecular weight excluding hydrogens is 210 g/mol. The Morgan fingerprint density at radius 2 is 1.76 bits per heavy atom. The summed E-state index contributed by atoms with van der Waals surface area (Å²) in [7, 11) is 0. The largest absolute Gasteiger partial charge is 0.507 e. The summed E-state index contributed by atoms with van der Waals surface area (Å²) >= 11 is 0. The highest BCUT2D eigenvalue weighted by molar-refractivity contribution is 5.84. The molecule has 88 valence electrons. The minimum Gasteiger partial charge on any atom is -0.507 e. The number of hydrogen-bond acceptors (Lipinski definition) is 2. The molecule has 2 aromatic rings. The Kier molecular flexibility index (Phi) is 2.80. The van der Waals surface area contributed by atoms with Crippen molar-refractivity contribution in [3.05, 3.63) is 47.0 Å². The number of aromatic hydroxyl groups is 1. The average molecular weight is 227 g/mol. The first-order chi connectivity index (χ1) is 8.00. The standard InChI is InChI=1S/C15H17NO/c1-9-7-10(2)11(3)12(8-9)15-13(16)5-4-6-14(15)17/h4-8,17H,16H2,1-3H3. The van der Waals surface area contributed by atoms with Crippen molar-refractivity contribution in [1.82, 2.24) is 0 Å². The van der Waals surface area contributed by atoms with E-state index in [1.54, 1.807) is 12.1 Å². The second-order valence-corrected chi connectivity index (χ2v) is 4.50. The van der Waals surface area contributed by atoms with Crippen LogP contribution in [0.4, 0.5) is 5.69 Å². The summed E-state index contributed by atoms with van der Waals surface area (Å²) < 4.78 is 0. The molecule has 0 heterocycles. The number of benzene rings is 2. The lowest BCUT2D eigenvalue weighted by Crippen LogP contribution is -1.94. The van der Waals surface area contributed by atoms with Crippen LogP contribution in [0.1, 0.15) is 16.7 Å². The van der Waals surface area contributed by atoms with Crippen molar-refractivity contribution in [2.75, 3.05) is 5.73 Å². The van der Waals surface area contributed by atoms with Crippen LogP contribution in [0, 0.1) is 20.8 Å². The molecule has 0 aliphatic rings. The normalized spacial score (nSPS) is 10.5. The van der Waals surface area contributed by atoms with E-state index in [0.717, 1.165) is 16.7 Å². The Morgan fingerprint density at radius 1 is 1.06 bits per heavy atom. The van der Waals surface area contributed by atoms with Crippen LogP contribution < -0.4 is 5.73 Å².